The van der Waals surface area contributed by atoms with Crippen molar-refractivity contribution in [1.29, 1.82) is 0 Å². The third kappa shape index (κ3) is 1.19. The Morgan fingerprint density at radius 3 is 3.18 bits per heavy atom. The number of aromatic nitrogens is 2. The molecule has 2 aromatic heterocycles. The maximum Gasteiger partial charge on any atom is 0.142 e. The van der Waals surface area contributed by atoms with Crippen molar-refractivity contribution in [3.05, 3.63) is 29.0 Å². The lowest BCUT2D eigenvalue weighted by atomic mass is 10.3. The summed E-state index contributed by atoms with van der Waals surface area (Å²) in [5, 5.41) is 1.15. The van der Waals surface area contributed by atoms with Gasteiger partial charge < -0.3 is 4.34 Å². The molecular weight excluding hydrogens is 223 g/mol. The van der Waals surface area contributed by atoms with Gasteiger partial charge in [-0.3, -0.25) is 0 Å². The fourth-order valence-corrected chi connectivity index (χ4v) is 1.67. The summed E-state index contributed by atoms with van der Waals surface area (Å²) >= 11 is 3.36. The standard InChI is InChI=1S/C7H6BrN2P/c8-6-3-5-1-2-10(11)7(5)9-4-6/h1-4H,11H2. The van der Waals surface area contributed by atoms with Crippen LogP contribution in [-0.2, 0) is 0 Å². The Bertz CT molecular complexity index is 396. The molecule has 0 radical (unpaired) electrons. The molecule has 2 nitrogen and oxygen atoms in total. The fraction of sp³-hybridized carbons (Fsp3) is 0. The second-order valence-corrected chi connectivity index (χ2v) is 3.76. The third-order valence-electron chi connectivity index (χ3n) is 1.52. The number of nitrogens with zero attached hydrogens (tertiary/aromatic N) is 2. The van der Waals surface area contributed by atoms with Crippen molar-refractivity contribution in [3.8, 4) is 0 Å². The van der Waals surface area contributed by atoms with Crippen molar-refractivity contribution in [1.82, 2.24) is 9.32 Å². The summed E-state index contributed by atoms with van der Waals surface area (Å²) in [5.41, 5.74) is 0.984. The molecule has 0 spiro atoms. The summed E-state index contributed by atoms with van der Waals surface area (Å²) in [6.07, 6.45) is 3.76. The maximum absolute atomic E-state index is 4.24. The van der Waals surface area contributed by atoms with Crippen LogP contribution in [0.5, 0.6) is 0 Å². The normalized spacial score (nSPS) is 10.7. The summed E-state index contributed by atoms with van der Waals surface area (Å²) in [4.78, 5) is 4.24. The van der Waals surface area contributed by atoms with Gasteiger partial charge in [0.1, 0.15) is 5.65 Å². The van der Waals surface area contributed by atoms with Crippen LogP contribution in [0.25, 0.3) is 11.0 Å². The predicted molar refractivity (Wildman–Crippen MR) is 52.5 cm³/mol. The van der Waals surface area contributed by atoms with Gasteiger partial charge in [-0.15, -0.1) is 0 Å². The van der Waals surface area contributed by atoms with E-state index in [1.807, 2.05) is 22.7 Å². The van der Waals surface area contributed by atoms with Gasteiger partial charge in [-0.05, 0) is 37.5 Å². The first-order chi connectivity index (χ1) is 5.27. The Labute approximate surface area is 75.0 Å². The van der Waals surface area contributed by atoms with Crippen LogP contribution in [0.2, 0.25) is 0 Å². The third-order valence-corrected chi connectivity index (χ3v) is 2.37. The van der Waals surface area contributed by atoms with E-state index in [0.717, 1.165) is 15.5 Å². The Kier molecular flexibility index (Phi) is 1.70. The zero-order valence-electron chi connectivity index (χ0n) is 5.66. The van der Waals surface area contributed by atoms with Crippen LogP contribution in [-0.4, -0.2) is 9.32 Å². The molecule has 0 bridgehead atoms. The molecular formula is C7H6BrN2P. The molecule has 0 aliphatic rings. The highest BCUT2D eigenvalue weighted by atomic mass is 79.9. The van der Waals surface area contributed by atoms with Crippen LogP contribution >= 0.6 is 25.3 Å². The lowest BCUT2D eigenvalue weighted by Crippen LogP contribution is -1.79. The van der Waals surface area contributed by atoms with Gasteiger partial charge in [0.2, 0.25) is 0 Å². The SMILES string of the molecule is Pn1ccc2cc(Br)cnc21. The van der Waals surface area contributed by atoms with Gasteiger partial charge in [0.05, 0.1) is 0 Å². The summed E-state index contributed by atoms with van der Waals surface area (Å²) in [7, 11) is 2.59. The molecule has 0 amide bonds. The van der Waals surface area contributed by atoms with E-state index in [-0.39, 0.29) is 0 Å². The van der Waals surface area contributed by atoms with E-state index in [4.69, 9.17) is 0 Å². The van der Waals surface area contributed by atoms with E-state index in [2.05, 4.69) is 30.3 Å². The second kappa shape index (κ2) is 2.58. The van der Waals surface area contributed by atoms with Crippen LogP contribution in [0.1, 0.15) is 0 Å². The first-order valence-corrected chi connectivity index (χ1v) is 4.46. The number of hydrogen-bond donors (Lipinski definition) is 0. The Morgan fingerprint density at radius 2 is 2.36 bits per heavy atom. The quantitative estimate of drug-likeness (QED) is 0.634. The Balaban J connectivity index is 2.86. The van der Waals surface area contributed by atoms with Crippen LogP contribution in [0, 0.1) is 0 Å². The minimum atomic E-state index is 0.984. The molecule has 2 aromatic rings. The largest absolute Gasteiger partial charge is 0.317 e. The average molecular weight is 229 g/mol. The van der Waals surface area contributed by atoms with E-state index in [1.165, 1.54) is 0 Å². The van der Waals surface area contributed by atoms with Crippen LogP contribution in [0.4, 0.5) is 0 Å². The molecule has 2 rings (SSSR count). The van der Waals surface area contributed by atoms with E-state index in [0.29, 0.717) is 0 Å². The predicted octanol–water partition coefficient (Wildman–Crippen LogP) is 2.44. The molecule has 0 fully saturated rings. The van der Waals surface area contributed by atoms with Gasteiger partial charge in [0, 0.05) is 22.3 Å². The highest BCUT2D eigenvalue weighted by molar-refractivity contribution is 9.10. The Hall–Kier alpha value is -0.400. The second-order valence-electron chi connectivity index (χ2n) is 2.29. The van der Waals surface area contributed by atoms with Gasteiger partial charge >= 0.3 is 0 Å². The maximum atomic E-state index is 4.24. The van der Waals surface area contributed by atoms with Crippen molar-refractivity contribution >= 4 is 36.4 Å². The molecule has 4 heteroatoms. The molecule has 0 saturated carbocycles. The average Bonchev–Trinajstić information content (AvgIpc) is 2.32. The zero-order chi connectivity index (χ0) is 7.84. The lowest BCUT2D eigenvalue weighted by molar-refractivity contribution is 1.25. The summed E-state index contributed by atoms with van der Waals surface area (Å²) < 4.78 is 2.93. The molecule has 0 aliphatic heterocycles. The highest BCUT2D eigenvalue weighted by Gasteiger charge is 1.97. The zero-order valence-corrected chi connectivity index (χ0v) is 8.40. The minimum Gasteiger partial charge on any atom is -0.317 e. The van der Waals surface area contributed by atoms with Gasteiger partial charge in [0.25, 0.3) is 0 Å². The monoisotopic (exact) mass is 228 g/mol. The van der Waals surface area contributed by atoms with Gasteiger partial charge in [-0.25, -0.2) is 4.98 Å². The van der Waals surface area contributed by atoms with Crippen LogP contribution in [0.3, 0.4) is 0 Å². The number of fused-ring (bicyclic) bond motifs is 1. The van der Waals surface area contributed by atoms with Gasteiger partial charge in [0.15, 0.2) is 0 Å². The molecule has 56 valence electrons. The lowest BCUT2D eigenvalue weighted by Gasteiger charge is -1.93. The first-order valence-electron chi connectivity index (χ1n) is 3.15. The Morgan fingerprint density at radius 1 is 1.55 bits per heavy atom. The summed E-state index contributed by atoms with van der Waals surface area (Å²) in [5.74, 6) is 0. The number of halogens is 1. The van der Waals surface area contributed by atoms with E-state index in [9.17, 15) is 0 Å². The number of hydrogen-bond acceptors (Lipinski definition) is 1. The van der Waals surface area contributed by atoms with Gasteiger partial charge in [-0.1, -0.05) is 0 Å². The van der Waals surface area contributed by atoms with E-state index in [1.54, 1.807) is 6.20 Å². The minimum absolute atomic E-state index is 0.984. The molecule has 0 aliphatic carbocycles. The molecule has 0 N–H and O–H groups in total. The summed E-state index contributed by atoms with van der Waals surface area (Å²) in [6, 6.07) is 4.07. The molecule has 11 heavy (non-hydrogen) atoms. The highest BCUT2D eigenvalue weighted by Crippen LogP contribution is 2.19. The molecule has 0 saturated heterocycles. The van der Waals surface area contributed by atoms with Crippen molar-refractivity contribution in [2.75, 3.05) is 0 Å². The van der Waals surface area contributed by atoms with E-state index < -0.39 is 0 Å². The molecule has 0 aromatic carbocycles. The molecule has 1 atom stereocenters. The van der Waals surface area contributed by atoms with Crippen molar-refractivity contribution in [2.24, 2.45) is 0 Å². The van der Waals surface area contributed by atoms with Crippen LogP contribution < -0.4 is 0 Å². The summed E-state index contributed by atoms with van der Waals surface area (Å²) in [6.45, 7) is 0. The fourth-order valence-electron chi connectivity index (χ4n) is 1.02. The molecule has 1 unspecified atom stereocenters. The van der Waals surface area contributed by atoms with Crippen LogP contribution in [0.15, 0.2) is 29.0 Å². The number of rotatable bonds is 0. The smallest absolute Gasteiger partial charge is 0.142 e. The van der Waals surface area contributed by atoms with Gasteiger partial charge in [-0.2, -0.15) is 0 Å². The van der Waals surface area contributed by atoms with Crippen molar-refractivity contribution in [2.45, 2.75) is 0 Å². The van der Waals surface area contributed by atoms with Crippen molar-refractivity contribution < 1.29 is 0 Å². The number of pyridine rings is 1. The first kappa shape index (κ1) is 7.26. The van der Waals surface area contributed by atoms with Crippen molar-refractivity contribution in [3.63, 3.8) is 0 Å². The van der Waals surface area contributed by atoms with E-state index >= 15 is 0 Å². The topological polar surface area (TPSA) is 17.8 Å². The molecule has 2 heterocycles.